The summed E-state index contributed by atoms with van der Waals surface area (Å²) in [5.74, 6) is 6.28. The lowest BCUT2D eigenvalue weighted by Gasteiger charge is -2.30. The van der Waals surface area contributed by atoms with Crippen LogP contribution in [0.15, 0.2) is 24.3 Å². The molecule has 2 aromatic carbocycles. The summed E-state index contributed by atoms with van der Waals surface area (Å²) in [6.07, 6.45) is 5.20. The van der Waals surface area contributed by atoms with E-state index in [0.717, 1.165) is 118 Å². The summed E-state index contributed by atoms with van der Waals surface area (Å²) in [5, 5.41) is 0. The van der Waals surface area contributed by atoms with Gasteiger partial charge in [0.25, 0.3) is 0 Å². The van der Waals surface area contributed by atoms with E-state index < -0.39 is 5.41 Å². The van der Waals surface area contributed by atoms with Crippen LogP contribution in [0.4, 0.5) is 0 Å². The van der Waals surface area contributed by atoms with Crippen LogP contribution in [0.5, 0.6) is 11.5 Å². The van der Waals surface area contributed by atoms with E-state index in [-0.39, 0.29) is 0 Å². The maximum atomic E-state index is 6.42. The third-order valence-corrected chi connectivity index (χ3v) is 9.74. The van der Waals surface area contributed by atoms with E-state index in [2.05, 4.69) is 114 Å². The first-order chi connectivity index (χ1) is 23.9. The van der Waals surface area contributed by atoms with Gasteiger partial charge in [0.05, 0.1) is 39.6 Å². The van der Waals surface area contributed by atoms with Gasteiger partial charge in [0.15, 0.2) is 0 Å². The number of hydrogen-bond acceptors (Lipinski definition) is 12. The normalized spacial score (nSPS) is 11.8. The zero-order valence-corrected chi connectivity index (χ0v) is 34.9. The fourth-order valence-corrected chi connectivity index (χ4v) is 5.84. The minimum Gasteiger partial charge on any atom is -0.493 e. The molecule has 0 bridgehead atoms. The van der Waals surface area contributed by atoms with Gasteiger partial charge in [-0.05, 0) is 108 Å². The van der Waals surface area contributed by atoms with Crippen LogP contribution in [-0.4, -0.2) is 74.2 Å². The predicted molar refractivity (Wildman–Crippen MR) is 225 cm³/mol. The van der Waals surface area contributed by atoms with Crippen molar-refractivity contribution in [3.63, 3.8) is 0 Å². The summed E-state index contributed by atoms with van der Waals surface area (Å²) in [6.45, 7) is 9.91. The van der Waals surface area contributed by atoms with E-state index in [1.54, 1.807) is 0 Å². The second-order valence-electron chi connectivity index (χ2n) is 12.2. The van der Waals surface area contributed by atoms with Crippen molar-refractivity contribution in [1.29, 1.82) is 0 Å². The summed E-state index contributed by atoms with van der Waals surface area (Å²) in [4.78, 5) is 0. The van der Waals surface area contributed by atoms with Crippen LogP contribution >= 0.6 is 75.8 Å². The van der Waals surface area contributed by atoms with Crippen LogP contribution < -0.4 is 9.47 Å². The quantitative estimate of drug-likeness (QED) is 0.0352. The smallest absolute Gasteiger partial charge is 0.130 e. The van der Waals surface area contributed by atoms with Crippen LogP contribution in [0, 0.1) is 0 Å². The van der Waals surface area contributed by atoms with Crippen molar-refractivity contribution >= 4 is 75.8 Å². The SMILES string of the molecule is CC(C)(c1cc(COCCCS)c(OCCCS)c(COCCCS)c1)c1cc(COCCCS)c(OCCCS)c(COCCCS)c1. The average Bonchev–Trinajstić information content (AvgIpc) is 3.10. The molecule has 0 amide bonds. The third-order valence-electron chi connectivity index (χ3n) is 7.84. The maximum absolute atomic E-state index is 6.42. The first-order valence-electron chi connectivity index (χ1n) is 17.4. The van der Waals surface area contributed by atoms with Crippen molar-refractivity contribution in [3.05, 3.63) is 57.6 Å². The van der Waals surface area contributed by atoms with Gasteiger partial charge in [-0.3, -0.25) is 0 Å². The van der Waals surface area contributed by atoms with E-state index in [9.17, 15) is 0 Å². The van der Waals surface area contributed by atoms with Gasteiger partial charge in [-0.25, -0.2) is 0 Å². The van der Waals surface area contributed by atoms with Gasteiger partial charge in [0.2, 0.25) is 0 Å². The molecule has 280 valence electrons. The zero-order chi connectivity index (χ0) is 35.7. The molecule has 0 saturated carbocycles. The Hall–Kier alpha value is -0.0200. The molecule has 0 aliphatic carbocycles. The Morgan fingerprint density at radius 1 is 0.408 bits per heavy atom. The van der Waals surface area contributed by atoms with E-state index in [4.69, 9.17) is 28.4 Å². The molecule has 2 rings (SSSR count). The highest BCUT2D eigenvalue weighted by Gasteiger charge is 2.29. The Morgan fingerprint density at radius 2 is 0.653 bits per heavy atom. The molecule has 12 heteroatoms. The zero-order valence-electron chi connectivity index (χ0n) is 29.5. The number of benzene rings is 2. The van der Waals surface area contributed by atoms with Crippen LogP contribution in [0.25, 0.3) is 0 Å². The fraction of sp³-hybridized carbons (Fsp3) is 0.676. The third kappa shape index (κ3) is 16.7. The van der Waals surface area contributed by atoms with Crippen molar-refractivity contribution in [2.45, 2.75) is 84.2 Å². The maximum Gasteiger partial charge on any atom is 0.130 e. The largest absolute Gasteiger partial charge is 0.493 e. The van der Waals surface area contributed by atoms with Crippen LogP contribution in [0.1, 0.15) is 85.8 Å². The highest BCUT2D eigenvalue weighted by molar-refractivity contribution is 7.81. The molecule has 49 heavy (non-hydrogen) atoms. The van der Waals surface area contributed by atoms with Crippen LogP contribution in [-0.2, 0) is 50.8 Å². The van der Waals surface area contributed by atoms with Gasteiger partial charge < -0.3 is 28.4 Å². The topological polar surface area (TPSA) is 55.4 Å². The Balaban J connectivity index is 2.69. The second-order valence-corrected chi connectivity index (χ2v) is 14.9. The number of hydrogen-bond donors (Lipinski definition) is 6. The molecule has 0 aliphatic heterocycles. The van der Waals surface area contributed by atoms with Gasteiger partial charge in [0.1, 0.15) is 11.5 Å². The average molecular weight is 793 g/mol. The molecule has 0 aromatic heterocycles. The van der Waals surface area contributed by atoms with Gasteiger partial charge in [-0.15, -0.1) is 0 Å². The van der Waals surface area contributed by atoms with Crippen molar-refractivity contribution in [3.8, 4) is 11.5 Å². The first-order valence-corrected chi connectivity index (χ1v) is 21.2. The van der Waals surface area contributed by atoms with Crippen molar-refractivity contribution in [1.82, 2.24) is 0 Å². The second kappa shape index (κ2) is 27.6. The van der Waals surface area contributed by atoms with Gasteiger partial charge >= 0.3 is 0 Å². The molecule has 0 atom stereocenters. The number of ether oxygens (including phenoxy) is 6. The highest BCUT2D eigenvalue weighted by atomic mass is 32.1. The summed E-state index contributed by atoms with van der Waals surface area (Å²) in [7, 11) is 0. The minimum absolute atomic E-state index is 0.410. The Labute approximate surface area is 329 Å². The molecule has 0 aliphatic rings. The molecule has 0 heterocycles. The molecule has 0 unspecified atom stereocenters. The Morgan fingerprint density at radius 3 is 0.898 bits per heavy atom. The van der Waals surface area contributed by atoms with Crippen LogP contribution in [0.2, 0.25) is 0 Å². The van der Waals surface area contributed by atoms with Crippen molar-refractivity contribution in [2.75, 3.05) is 74.2 Å². The Bertz CT molecular complexity index is 1010. The fourth-order valence-electron chi connectivity index (χ4n) is 5.07. The van der Waals surface area contributed by atoms with E-state index in [1.165, 1.54) is 0 Å². The molecule has 0 radical (unpaired) electrons. The molecule has 2 aromatic rings. The first kappa shape index (κ1) is 45.1. The highest BCUT2D eigenvalue weighted by Crippen LogP contribution is 2.40. The van der Waals surface area contributed by atoms with E-state index in [1.807, 2.05) is 0 Å². The monoisotopic (exact) mass is 792 g/mol. The van der Waals surface area contributed by atoms with E-state index >= 15 is 0 Å². The Kier molecular flexibility index (Phi) is 25.4. The number of thiol groups is 6. The lowest BCUT2D eigenvalue weighted by molar-refractivity contribution is 0.113. The van der Waals surface area contributed by atoms with E-state index in [0.29, 0.717) is 66.1 Å². The summed E-state index contributed by atoms with van der Waals surface area (Å²) < 4.78 is 37.4. The van der Waals surface area contributed by atoms with Crippen molar-refractivity contribution in [2.24, 2.45) is 0 Å². The number of rotatable bonds is 30. The molecule has 0 N–H and O–H groups in total. The van der Waals surface area contributed by atoms with Crippen LogP contribution in [0.3, 0.4) is 0 Å². The predicted octanol–water partition coefficient (Wildman–Crippen LogP) is 8.76. The van der Waals surface area contributed by atoms with Gasteiger partial charge in [0, 0.05) is 54.1 Å². The lowest BCUT2D eigenvalue weighted by atomic mass is 9.76. The minimum atomic E-state index is -0.410. The molecule has 6 nitrogen and oxygen atoms in total. The summed E-state index contributed by atoms with van der Waals surface area (Å²) in [5.41, 5.74) is 5.91. The molecule has 0 spiro atoms. The van der Waals surface area contributed by atoms with Gasteiger partial charge in [-0.2, -0.15) is 75.8 Å². The molecular weight excluding hydrogens is 733 g/mol. The lowest BCUT2D eigenvalue weighted by Crippen LogP contribution is -2.22. The standard InChI is InChI=1S/C37H60O6S6/c1-37(2,33-21-29(25-38-9-3-15-44)35(42-13-7-19-48)30(22-33)26-39-10-4-16-45)34-23-31(27-40-11-5-17-46)36(43-14-8-20-49)32(24-34)28-41-12-6-18-47/h21-24,44-49H,3-20,25-28H2,1-2H3. The summed E-state index contributed by atoms with van der Waals surface area (Å²) in [6, 6.07) is 8.93. The van der Waals surface area contributed by atoms with Crippen molar-refractivity contribution < 1.29 is 28.4 Å². The molecule has 0 fully saturated rings. The van der Waals surface area contributed by atoms with Gasteiger partial charge in [-0.1, -0.05) is 13.8 Å². The molecular formula is C37H60O6S6. The molecule has 0 saturated heterocycles. The summed E-state index contributed by atoms with van der Waals surface area (Å²) >= 11 is 26.3.